The highest BCUT2D eigenvalue weighted by atomic mass is 32.2. The van der Waals surface area contributed by atoms with Crippen LogP contribution in [0.1, 0.15) is 39.2 Å². The van der Waals surface area contributed by atoms with Gasteiger partial charge < -0.3 is 15.0 Å². The Morgan fingerprint density at radius 2 is 1.73 bits per heavy atom. The number of hydrogen-bond acceptors (Lipinski definition) is 4. The Morgan fingerprint density at radius 1 is 1.07 bits per heavy atom. The summed E-state index contributed by atoms with van der Waals surface area (Å²) in [7, 11) is 1.62. The minimum atomic E-state index is -0.546. The van der Waals surface area contributed by atoms with Gasteiger partial charge in [-0.05, 0) is 50.1 Å². The molecule has 0 heterocycles. The van der Waals surface area contributed by atoms with Crippen molar-refractivity contribution in [3.05, 3.63) is 60.2 Å². The summed E-state index contributed by atoms with van der Waals surface area (Å²) in [6.45, 7) is 6.17. The molecule has 5 nitrogen and oxygen atoms in total. The van der Waals surface area contributed by atoms with Crippen LogP contribution in [0.25, 0.3) is 0 Å². The van der Waals surface area contributed by atoms with Gasteiger partial charge in [0.25, 0.3) is 0 Å². The minimum Gasteiger partial charge on any atom is -0.497 e. The van der Waals surface area contributed by atoms with Crippen LogP contribution in [0.15, 0.2) is 59.5 Å². The molecule has 6 heteroatoms. The molecule has 0 bridgehead atoms. The maximum atomic E-state index is 13.1. The zero-order valence-electron chi connectivity index (χ0n) is 18.3. The predicted molar refractivity (Wildman–Crippen MR) is 123 cm³/mol. The predicted octanol–water partition coefficient (Wildman–Crippen LogP) is 4.51. The standard InChI is InChI=1S/C24H32N2O3S/c1-5-18(2)25-24(28)19(3)26(17-20-11-13-21(29-4)14-12-20)23(27)15-16-30-22-9-7-6-8-10-22/h6-14,18-19H,5,15-17H2,1-4H3,(H,25,28). The van der Waals surface area contributed by atoms with E-state index in [0.29, 0.717) is 18.7 Å². The van der Waals surface area contributed by atoms with Gasteiger partial charge in [0.05, 0.1) is 7.11 Å². The third-order valence-corrected chi connectivity index (χ3v) is 6.02. The molecule has 162 valence electrons. The zero-order chi connectivity index (χ0) is 21.9. The Labute approximate surface area is 184 Å². The fraction of sp³-hybridized carbons (Fsp3) is 0.417. The van der Waals surface area contributed by atoms with E-state index >= 15 is 0 Å². The molecule has 2 rings (SSSR count). The average molecular weight is 429 g/mol. The van der Waals surface area contributed by atoms with E-state index in [9.17, 15) is 9.59 Å². The van der Waals surface area contributed by atoms with Crippen molar-refractivity contribution >= 4 is 23.6 Å². The number of hydrogen-bond donors (Lipinski definition) is 1. The van der Waals surface area contributed by atoms with Crippen molar-refractivity contribution in [1.29, 1.82) is 0 Å². The van der Waals surface area contributed by atoms with Crippen LogP contribution in [0.5, 0.6) is 5.75 Å². The Bertz CT molecular complexity index is 796. The first-order valence-electron chi connectivity index (χ1n) is 10.3. The van der Waals surface area contributed by atoms with Gasteiger partial charge in [0.2, 0.25) is 11.8 Å². The van der Waals surface area contributed by atoms with Crippen molar-refractivity contribution in [2.24, 2.45) is 0 Å². The minimum absolute atomic E-state index is 0.0268. The normalized spacial score (nSPS) is 12.7. The highest BCUT2D eigenvalue weighted by molar-refractivity contribution is 7.99. The highest BCUT2D eigenvalue weighted by Crippen LogP contribution is 2.20. The largest absolute Gasteiger partial charge is 0.497 e. The Morgan fingerprint density at radius 3 is 2.33 bits per heavy atom. The van der Waals surface area contributed by atoms with Gasteiger partial charge in [-0.3, -0.25) is 9.59 Å². The van der Waals surface area contributed by atoms with Crippen LogP contribution >= 0.6 is 11.8 Å². The van der Waals surface area contributed by atoms with Crippen molar-refractivity contribution in [2.45, 2.75) is 57.1 Å². The number of carbonyl (C=O) groups is 2. The molecule has 0 aliphatic heterocycles. The summed E-state index contributed by atoms with van der Waals surface area (Å²) in [6, 6.07) is 17.1. The summed E-state index contributed by atoms with van der Waals surface area (Å²) in [5.74, 6) is 1.28. The molecule has 2 aromatic rings. The van der Waals surface area contributed by atoms with E-state index in [1.165, 1.54) is 0 Å². The summed E-state index contributed by atoms with van der Waals surface area (Å²) in [5.41, 5.74) is 0.961. The number of rotatable bonds is 11. The van der Waals surface area contributed by atoms with Crippen LogP contribution in [0.4, 0.5) is 0 Å². The molecule has 0 saturated heterocycles. The van der Waals surface area contributed by atoms with Crippen molar-refractivity contribution in [1.82, 2.24) is 10.2 Å². The second kappa shape index (κ2) is 12.3. The lowest BCUT2D eigenvalue weighted by molar-refractivity contribution is -0.140. The van der Waals surface area contributed by atoms with Crippen LogP contribution in [-0.4, -0.2) is 41.7 Å². The topological polar surface area (TPSA) is 58.6 Å². The van der Waals surface area contributed by atoms with E-state index in [1.54, 1.807) is 30.7 Å². The first kappa shape index (κ1) is 23.8. The number of ether oxygens (including phenoxy) is 1. The van der Waals surface area contributed by atoms with Crippen LogP contribution in [0.2, 0.25) is 0 Å². The van der Waals surface area contributed by atoms with E-state index < -0.39 is 6.04 Å². The molecule has 2 atom stereocenters. The lowest BCUT2D eigenvalue weighted by atomic mass is 10.1. The molecule has 1 N–H and O–H groups in total. The first-order valence-corrected chi connectivity index (χ1v) is 11.3. The van der Waals surface area contributed by atoms with Crippen molar-refractivity contribution in [3.8, 4) is 5.75 Å². The van der Waals surface area contributed by atoms with Crippen molar-refractivity contribution < 1.29 is 14.3 Å². The van der Waals surface area contributed by atoms with Crippen LogP contribution in [0.3, 0.4) is 0 Å². The first-order chi connectivity index (χ1) is 14.4. The van der Waals surface area contributed by atoms with E-state index in [4.69, 9.17) is 4.74 Å². The monoisotopic (exact) mass is 428 g/mol. The lowest BCUT2D eigenvalue weighted by Crippen LogP contribution is -2.49. The fourth-order valence-corrected chi connectivity index (χ4v) is 3.75. The molecule has 0 aromatic heterocycles. The van der Waals surface area contributed by atoms with Gasteiger partial charge in [0, 0.05) is 29.7 Å². The Balaban J connectivity index is 2.07. The van der Waals surface area contributed by atoms with E-state index in [1.807, 2.05) is 68.4 Å². The summed E-state index contributed by atoms with van der Waals surface area (Å²) in [6.07, 6.45) is 1.22. The molecule has 2 aromatic carbocycles. The lowest BCUT2D eigenvalue weighted by Gasteiger charge is -2.29. The zero-order valence-corrected chi connectivity index (χ0v) is 19.1. The third-order valence-electron chi connectivity index (χ3n) is 5.01. The number of nitrogens with one attached hydrogen (secondary N) is 1. The summed E-state index contributed by atoms with van der Waals surface area (Å²) in [5, 5.41) is 2.99. The Kier molecular flexibility index (Phi) is 9.74. The SMILES string of the molecule is CCC(C)NC(=O)C(C)N(Cc1ccc(OC)cc1)C(=O)CCSc1ccccc1. The molecular weight excluding hydrogens is 396 g/mol. The van der Waals surface area contributed by atoms with Gasteiger partial charge in [-0.1, -0.05) is 37.3 Å². The molecule has 0 aliphatic carbocycles. The fourth-order valence-electron chi connectivity index (χ4n) is 2.89. The molecule has 30 heavy (non-hydrogen) atoms. The van der Waals surface area contributed by atoms with Crippen LogP contribution < -0.4 is 10.1 Å². The molecule has 0 radical (unpaired) electrons. The number of thioether (sulfide) groups is 1. The van der Waals surface area contributed by atoms with Gasteiger partial charge in [-0.25, -0.2) is 0 Å². The number of carbonyl (C=O) groups excluding carboxylic acids is 2. The highest BCUT2D eigenvalue weighted by Gasteiger charge is 2.26. The molecular formula is C24H32N2O3S. The van der Waals surface area contributed by atoms with E-state index in [-0.39, 0.29) is 17.9 Å². The molecule has 2 amide bonds. The van der Waals surface area contributed by atoms with Gasteiger partial charge >= 0.3 is 0 Å². The molecule has 0 spiro atoms. The number of nitrogens with zero attached hydrogens (tertiary/aromatic N) is 1. The number of methoxy groups -OCH3 is 1. The average Bonchev–Trinajstić information content (AvgIpc) is 2.77. The molecule has 0 aliphatic rings. The maximum absolute atomic E-state index is 13.1. The third kappa shape index (κ3) is 7.41. The van der Waals surface area contributed by atoms with Crippen molar-refractivity contribution in [2.75, 3.05) is 12.9 Å². The molecule has 2 unspecified atom stereocenters. The second-order valence-corrected chi connectivity index (χ2v) is 8.44. The molecule has 0 saturated carbocycles. The van der Waals surface area contributed by atoms with Crippen LogP contribution in [-0.2, 0) is 16.1 Å². The number of amides is 2. The van der Waals surface area contributed by atoms with Gasteiger partial charge in [-0.15, -0.1) is 11.8 Å². The maximum Gasteiger partial charge on any atom is 0.242 e. The summed E-state index contributed by atoms with van der Waals surface area (Å²) in [4.78, 5) is 28.6. The van der Waals surface area contributed by atoms with E-state index in [0.717, 1.165) is 22.6 Å². The van der Waals surface area contributed by atoms with Crippen LogP contribution in [0, 0.1) is 0 Å². The van der Waals surface area contributed by atoms with E-state index in [2.05, 4.69) is 5.32 Å². The van der Waals surface area contributed by atoms with Gasteiger partial charge in [0.15, 0.2) is 0 Å². The molecule has 0 fully saturated rings. The Hall–Kier alpha value is -2.47. The smallest absolute Gasteiger partial charge is 0.242 e. The summed E-state index contributed by atoms with van der Waals surface area (Å²) >= 11 is 1.65. The summed E-state index contributed by atoms with van der Waals surface area (Å²) < 4.78 is 5.21. The van der Waals surface area contributed by atoms with Gasteiger partial charge in [-0.2, -0.15) is 0 Å². The quantitative estimate of drug-likeness (QED) is 0.535. The second-order valence-electron chi connectivity index (χ2n) is 7.28. The van der Waals surface area contributed by atoms with Gasteiger partial charge in [0.1, 0.15) is 11.8 Å². The number of benzene rings is 2. The van der Waals surface area contributed by atoms with Crippen molar-refractivity contribution in [3.63, 3.8) is 0 Å².